The number of hydrogen-bond donors (Lipinski definition) is 3. The van der Waals surface area contributed by atoms with Crippen molar-refractivity contribution in [2.24, 2.45) is 5.92 Å². The first-order valence-corrected chi connectivity index (χ1v) is 19.3. The number of amides is 4. The van der Waals surface area contributed by atoms with Crippen LogP contribution in [0, 0.1) is 5.92 Å². The molecule has 3 aliphatic rings. The number of nitrogens with one attached hydrogen (secondary N) is 3. The van der Waals surface area contributed by atoms with Crippen molar-refractivity contribution in [3.63, 3.8) is 0 Å². The molecule has 4 aromatic rings. The van der Waals surface area contributed by atoms with Gasteiger partial charge >= 0.3 is 0 Å². The Labute approximate surface area is 317 Å². The lowest BCUT2D eigenvalue weighted by Gasteiger charge is -2.40. The number of fused-ring (bicyclic) bond motifs is 2. The summed E-state index contributed by atoms with van der Waals surface area (Å²) in [6.07, 6.45) is 3.09. The maximum Gasteiger partial charge on any atom is 0.253 e. The van der Waals surface area contributed by atoms with Crippen LogP contribution in [0.5, 0.6) is 0 Å². The monoisotopic (exact) mass is 726 g/mol. The molecule has 5 atom stereocenters. The minimum atomic E-state index is -0.297. The highest BCUT2D eigenvalue weighted by Gasteiger charge is 2.35. The number of carbonyl (C=O) groups is 4. The van der Waals surface area contributed by atoms with Crippen molar-refractivity contribution in [1.82, 2.24) is 4.90 Å². The third-order valence-corrected chi connectivity index (χ3v) is 11.1. The Morgan fingerprint density at radius 1 is 0.630 bits per heavy atom. The average Bonchev–Trinajstić information content (AvgIpc) is 3.69. The van der Waals surface area contributed by atoms with Gasteiger partial charge in [-0.3, -0.25) is 19.2 Å². The molecule has 4 amide bonds. The van der Waals surface area contributed by atoms with E-state index in [0.717, 1.165) is 46.7 Å². The first kappa shape index (κ1) is 36.7. The average molecular weight is 727 g/mol. The lowest BCUT2D eigenvalue weighted by atomic mass is 9.91. The summed E-state index contributed by atoms with van der Waals surface area (Å²) in [6, 6.07) is 31.6. The molecule has 10 nitrogen and oxygen atoms in total. The van der Waals surface area contributed by atoms with E-state index < -0.39 is 0 Å². The Hall–Kier alpha value is -5.64. The van der Waals surface area contributed by atoms with Gasteiger partial charge in [0, 0.05) is 72.0 Å². The number of benzene rings is 4. The third-order valence-electron chi connectivity index (χ3n) is 11.1. The van der Waals surface area contributed by atoms with Crippen LogP contribution in [0.1, 0.15) is 93.4 Å². The van der Waals surface area contributed by atoms with E-state index in [-0.39, 0.29) is 53.7 Å². The Morgan fingerprint density at radius 3 is 1.59 bits per heavy atom. The van der Waals surface area contributed by atoms with Gasteiger partial charge in [-0.05, 0) is 105 Å². The molecule has 0 radical (unpaired) electrons. The molecule has 0 saturated carbocycles. The molecule has 4 aromatic carbocycles. The molecule has 0 bridgehead atoms. The van der Waals surface area contributed by atoms with Crippen LogP contribution in [-0.2, 0) is 14.4 Å². The highest BCUT2D eigenvalue weighted by atomic mass is 16.2. The second-order valence-electron chi connectivity index (χ2n) is 14.8. The lowest BCUT2D eigenvalue weighted by molar-refractivity contribution is -0.120. The van der Waals surface area contributed by atoms with Crippen LogP contribution in [-0.4, -0.2) is 53.7 Å². The first-order valence-electron chi connectivity index (χ1n) is 19.3. The molecule has 0 spiro atoms. The van der Waals surface area contributed by atoms with Crippen LogP contribution in [0.4, 0.5) is 28.4 Å². The highest BCUT2D eigenvalue weighted by Crippen LogP contribution is 2.41. The molecule has 1 saturated heterocycles. The van der Waals surface area contributed by atoms with Gasteiger partial charge in [0.05, 0.1) is 18.0 Å². The molecule has 0 aliphatic carbocycles. The van der Waals surface area contributed by atoms with Crippen LogP contribution < -0.4 is 25.8 Å². The predicted molar refractivity (Wildman–Crippen MR) is 215 cm³/mol. The maximum absolute atomic E-state index is 13.5. The fourth-order valence-electron chi connectivity index (χ4n) is 8.35. The number of rotatable bonds is 9. The minimum Gasteiger partial charge on any atom is -0.378 e. The van der Waals surface area contributed by atoms with E-state index in [9.17, 15) is 19.2 Å². The summed E-state index contributed by atoms with van der Waals surface area (Å²) in [7, 11) is 0. The number of anilines is 5. The van der Waals surface area contributed by atoms with E-state index in [0.29, 0.717) is 43.6 Å². The summed E-state index contributed by atoms with van der Waals surface area (Å²) in [6.45, 7) is 8.85. The Bertz CT molecular complexity index is 2010. The van der Waals surface area contributed by atoms with Gasteiger partial charge < -0.3 is 30.7 Å². The normalized spacial score (nSPS) is 21.9. The summed E-state index contributed by atoms with van der Waals surface area (Å²) in [5, 5.41) is 10.3. The van der Waals surface area contributed by atoms with Crippen molar-refractivity contribution in [3.05, 3.63) is 114 Å². The van der Waals surface area contributed by atoms with Gasteiger partial charge in [-0.25, -0.2) is 0 Å². The second-order valence-corrected chi connectivity index (χ2v) is 14.8. The smallest absolute Gasteiger partial charge is 0.253 e. The van der Waals surface area contributed by atoms with Crippen LogP contribution in [0.3, 0.4) is 0 Å². The molecule has 3 aliphatic heterocycles. The minimum absolute atomic E-state index is 0.0343. The topological polar surface area (TPSA) is 114 Å². The van der Waals surface area contributed by atoms with E-state index in [4.69, 9.17) is 0 Å². The van der Waals surface area contributed by atoms with E-state index in [1.807, 2.05) is 109 Å². The fraction of sp³-hybridized carbons (Fsp3) is 0.364. The molecule has 10 heteroatoms. The van der Waals surface area contributed by atoms with Gasteiger partial charge in [0.1, 0.15) is 0 Å². The van der Waals surface area contributed by atoms with Crippen LogP contribution in [0.25, 0.3) is 0 Å². The van der Waals surface area contributed by atoms with Gasteiger partial charge in [0.15, 0.2) is 0 Å². The molecule has 3 heterocycles. The zero-order chi connectivity index (χ0) is 37.9. The summed E-state index contributed by atoms with van der Waals surface area (Å²) >= 11 is 0. The number of likely N-dealkylation sites (tertiary alicyclic amines) is 1. The van der Waals surface area contributed by atoms with Crippen molar-refractivity contribution in [2.45, 2.75) is 84.0 Å². The molecular weight excluding hydrogens is 677 g/mol. The first-order chi connectivity index (χ1) is 26.1. The number of para-hydroxylation sites is 2. The zero-order valence-corrected chi connectivity index (χ0v) is 31.5. The molecule has 3 N–H and O–H groups in total. The Balaban J connectivity index is 0.925. The number of nitrogens with zero attached hydrogens (tertiary/aromatic N) is 3. The van der Waals surface area contributed by atoms with Crippen LogP contribution in [0.15, 0.2) is 97.1 Å². The molecular formula is C44H50N6O4. The predicted octanol–water partition coefficient (Wildman–Crippen LogP) is 8.16. The van der Waals surface area contributed by atoms with Gasteiger partial charge in [0.2, 0.25) is 17.7 Å². The second kappa shape index (κ2) is 15.8. The molecule has 7 rings (SSSR count). The van der Waals surface area contributed by atoms with E-state index >= 15 is 0 Å². The largest absolute Gasteiger partial charge is 0.378 e. The van der Waals surface area contributed by atoms with E-state index in [2.05, 4.69) is 41.9 Å². The quantitative estimate of drug-likeness (QED) is 0.160. The number of hydrogen-bond acceptors (Lipinski definition) is 6. The molecule has 280 valence electrons. The van der Waals surface area contributed by atoms with Crippen LogP contribution in [0.2, 0.25) is 0 Å². The van der Waals surface area contributed by atoms with Crippen LogP contribution >= 0.6 is 0 Å². The Kier molecular flexibility index (Phi) is 10.7. The van der Waals surface area contributed by atoms with Crippen molar-refractivity contribution < 1.29 is 19.2 Å². The zero-order valence-electron chi connectivity index (χ0n) is 31.5. The van der Waals surface area contributed by atoms with Crippen molar-refractivity contribution >= 4 is 52.1 Å². The highest BCUT2D eigenvalue weighted by molar-refractivity contribution is 5.98. The van der Waals surface area contributed by atoms with E-state index in [1.165, 1.54) is 0 Å². The van der Waals surface area contributed by atoms with Crippen molar-refractivity contribution in [3.8, 4) is 0 Å². The van der Waals surface area contributed by atoms with Gasteiger partial charge in [-0.1, -0.05) is 50.2 Å². The standard InChI is InChI=1S/C44H50N6O4/c1-5-41(51)49-28(3)25-37(35-11-7-9-13-39(35)49)45-32-17-15-30(16-18-32)44(54)48-24-23-31(27-48)43(53)47-34-21-19-33(20-22-34)46-38-26-29(4)50(42(52)6-2)40-14-10-8-12-36(38)40/h7-22,28-29,31,37-38,45-46H,5-6,23-27H2,1-4H3,(H,47,53)/t28-,29-,31+,37+,38+/m0/s1. The van der Waals surface area contributed by atoms with Crippen molar-refractivity contribution in [1.29, 1.82) is 0 Å². The summed E-state index contributed by atoms with van der Waals surface area (Å²) in [4.78, 5) is 57.8. The third kappa shape index (κ3) is 7.42. The summed E-state index contributed by atoms with van der Waals surface area (Å²) in [5.74, 6) is -0.227. The molecule has 54 heavy (non-hydrogen) atoms. The van der Waals surface area contributed by atoms with Gasteiger partial charge in [-0.2, -0.15) is 0 Å². The van der Waals surface area contributed by atoms with Crippen molar-refractivity contribution in [2.75, 3.05) is 38.8 Å². The fourth-order valence-corrected chi connectivity index (χ4v) is 8.35. The summed E-state index contributed by atoms with van der Waals surface area (Å²) < 4.78 is 0. The van der Waals surface area contributed by atoms with Gasteiger partial charge in [-0.15, -0.1) is 0 Å². The Morgan fingerprint density at radius 2 is 1.09 bits per heavy atom. The number of carbonyl (C=O) groups excluding carboxylic acids is 4. The lowest BCUT2D eigenvalue weighted by Crippen LogP contribution is -2.44. The molecule has 0 aromatic heterocycles. The molecule has 0 unspecified atom stereocenters. The maximum atomic E-state index is 13.5. The SMILES string of the molecule is CCC(=O)N1c2ccccc2[C@H](Nc2ccc(NC(=O)[C@@H]3CCN(C(=O)c4ccc(N[C@@H]5C[C@H](C)N(C(=O)CC)c6ccccc65)cc4)C3)cc2)C[C@@H]1C. The summed E-state index contributed by atoms with van der Waals surface area (Å²) in [5.41, 5.74) is 7.22. The van der Waals surface area contributed by atoms with Gasteiger partial charge in [0.25, 0.3) is 5.91 Å². The van der Waals surface area contributed by atoms with E-state index in [1.54, 1.807) is 4.90 Å². The molecule has 1 fully saturated rings.